The maximum atomic E-state index is 12.3. The van der Waals surface area contributed by atoms with Crippen LogP contribution in [0.4, 0.5) is 0 Å². The van der Waals surface area contributed by atoms with Crippen LogP contribution in [0, 0.1) is 0 Å². The summed E-state index contributed by atoms with van der Waals surface area (Å²) in [6.07, 6.45) is 0. The van der Waals surface area contributed by atoms with Crippen molar-refractivity contribution in [3.63, 3.8) is 0 Å². The fraction of sp³-hybridized carbons (Fsp3) is 0.0625. The molecule has 0 amide bonds. The number of methoxy groups -OCH3 is 1. The van der Waals surface area contributed by atoms with Crippen LogP contribution in [0.2, 0.25) is 5.02 Å². The summed E-state index contributed by atoms with van der Waals surface area (Å²) >= 11 is 6.11. The highest BCUT2D eigenvalue weighted by atomic mass is 35.5. The number of benzene rings is 2. The highest BCUT2D eigenvalue weighted by molar-refractivity contribution is 6.33. The van der Waals surface area contributed by atoms with E-state index in [1.165, 1.54) is 13.2 Å². The Balaban J connectivity index is 2.28. The van der Waals surface area contributed by atoms with E-state index in [-0.39, 0.29) is 22.0 Å². The minimum Gasteiger partial charge on any atom is -0.504 e. The predicted molar refractivity (Wildman–Crippen MR) is 81.1 cm³/mol. The number of fused-ring (bicyclic) bond motifs is 1. The molecule has 21 heavy (non-hydrogen) atoms. The summed E-state index contributed by atoms with van der Waals surface area (Å²) in [5, 5.41) is 10.2. The fourth-order valence-electron chi connectivity index (χ4n) is 2.14. The molecule has 0 aliphatic carbocycles. The number of phenols is 1. The minimum absolute atomic E-state index is 0.0155. The van der Waals surface area contributed by atoms with Gasteiger partial charge in [-0.3, -0.25) is 4.79 Å². The van der Waals surface area contributed by atoms with Crippen molar-refractivity contribution >= 4 is 22.6 Å². The lowest BCUT2D eigenvalue weighted by atomic mass is 10.1. The molecule has 0 atom stereocenters. The summed E-state index contributed by atoms with van der Waals surface area (Å²) in [4.78, 5) is 12.3. The molecule has 3 aromatic rings. The van der Waals surface area contributed by atoms with Gasteiger partial charge in [0.2, 0.25) is 5.43 Å². The van der Waals surface area contributed by atoms with Gasteiger partial charge in [-0.2, -0.15) is 0 Å². The third kappa shape index (κ3) is 2.23. The van der Waals surface area contributed by atoms with E-state index in [1.807, 2.05) is 0 Å². The van der Waals surface area contributed by atoms with Crippen molar-refractivity contribution in [2.45, 2.75) is 0 Å². The normalized spacial score (nSPS) is 10.8. The Labute approximate surface area is 125 Å². The second-order valence-electron chi connectivity index (χ2n) is 4.46. The number of rotatable bonds is 2. The average Bonchev–Trinajstić information content (AvgIpc) is 2.51. The van der Waals surface area contributed by atoms with Crippen LogP contribution in [0.1, 0.15) is 0 Å². The van der Waals surface area contributed by atoms with E-state index >= 15 is 0 Å². The Morgan fingerprint density at radius 3 is 2.67 bits per heavy atom. The summed E-state index contributed by atoms with van der Waals surface area (Å²) in [7, 11) is 1.46. The smallest absolute Gasteiger partial charge is 0.211 e. The molecule has 0 fully saturated rings. The summed E-state index contributed by atoms with van der Waals surface area (Å²) in [5.74, 6) is 0.498. The standard InChI is InChI=1S/C16H11ClO4/c1-20-13-7-6-9(8-11(13)18)16-14(17)15(19)10-4-2-3-5-12(10)21-16/h2-8,18H,1H3. The number of hydrogen-bond donors (Lipinski definition) is 1. The predicted octanol–water partition coefficient (Wildman–Crippen LogP) is 3.83. The SMILES string of the molecule is COc1ccc(-c2oc3ccccc3c(=O)c2Cl)cc1O. The van der Waals surface area contributed by atoms with Crippen molar-refractivity contribution in [3.05, 3.63) is 57.7 Å². The van der Waals surface area contributed by atoms with Gasteiger partial charge in [0.25, 0.3) is 0 Å². The first kappa shape index (κ1) is 13.5. The monoisotopic (exact) mass is 302 g/mol. The van der Waals surface area contributed by atoms with E-state index in [2.05, 4.69) is 0 Å². The molecular formula is C16H11ClO4. The van der Waals surface area contributed by atoms with Gasteiger partial charge in [-0.05, 0) is 30.3 Å². The first-order chi connectivity index (χ1) is 10.1. The third-order valence-electron chi connectivity index (χ3n) is 3.18. The first-order valence-corrected chi connectivity index (χ1v) is 6.58. The summed E-state index contributed by atoms with van der Waals surface area (Å²) < 4.78 is 10.7. The van der Waals surface area contributed by atoms with E-state index in [0.29, 0.717) is 22.3 Å². The summed E-state index contributed by atoms with van der Waals surface area (Å²) in [6.45, 7) is 0. The van der Waals surface area contributed by atoms with Gasteiger partial charge in [-0.1, -0.05) is 23.7 Å². The molecule has 0 spiro atoms. The molecule has 3 rings (SSSR count). The molecule has 106 valence electrons. The minimum atomic E-state index is -0.302. The van der Waals surface area contributed by atoms with Gasteiger partial charge in [-0.25, -0.2) is 0 Å². The number of hydrogen-bond acceptors (Lipinski definition) is 4. The van der Waals surface area contributed by atoms with Gasteiger partial charge in [0.1, 0.15) is 10.6 Å². The Morgan fingerprint density at radius 1 is 1.19 bits per heavy atom. The van der Waals surface area contributed by atoms with Crippen molar-refractivity contribution in [1.29, 1.82) is 0 Å². The number of ether oxygens (including phenoxy) is 1. The van der Waals surface area contributed by atoms with Crippen LogP contribution < -0.4 is 10.2 Å². The zero-order valence-corrected chi connectivity index (χ0v) is 11.8. The molecule has 4 nitrogen and oxygen atoms in total. The van der Waals surface area contributed by atoms with Crippen molar-refractivity contribution in [2.24, 2.45) is 0 Å². The van der Waals surface area contributed by atoms with E-state index in [9.17, 15) is 9.90 Å². The molecule has 2 aromatic carbocycles. The van der Waals surface area contributed by atoms with Crippen molar-refractivity contribution in [1.82, 2.24) is 0 Å². The highest BCUT2D eigenvalue weighted by Crippen LogP contribution is 2.34. The van der Waals surface area contributed by atoms with Crippen molar-refractivity contribution < 1.29 is 14.3 Å². The zero-order chi connectivity index (χ0) is 15.0. The zero-order valence-electron chi connectivity index (χ0n) is 11.1. The van der Waals surface area contributed by atoms with Gasteiger partial charge < -0.3 is 14.3 Å². The van der Waals surface area contributed by atoms with E-state index in [4.69, 9.17) is 20.8 Å². The lowest BCUT2D eigenvalue weighted by Crippen LogP contribution is -2.03. The van der Waals surface area contributed by atoms with Crippen LogP contribution in [0.25, 0.3) is 22.3 Å². The quantitative estimate of drug-likeness (QED) is 0.781. The Hall–Kier alpha value is -2.46. The van der Waals surface area contributed by atoms with E-state index in [0.717, 1.165) is 0 Å². The van der Waals surface area contributed by atoms with Crippen LogP contribution in [-0.2, 0) is 0 Å². The Bertz CT molecular complexity index is 883. The van der Waals surface area contributed by atoms with Crippen LogP contribution in [0.15, 0.2) is 51.7 Å². The molecule has 0 aliphatic rings. The maximum Gasteiger partial charge on any atom is 0.211 e. The average molecular weight is 303 g/mol. The van der Waals surface area contributed by atoms with Crippen molar-refractivity contribution in [2.75, 3.05) is 7.11 Å². The largest absolute Gasteiger partial charge is 0.504 e. The number of para-hydroxylation sites is 1. The van der Waals surface area contributed by atoms with Gasteiger partial charge in [-0.15, -0.1) is 0 Å². The number of halogens is 1. The topological polar surface area (TPSA) is 59.7 Å². The molecule has 1 aromatic heterocycles. The van der Waals surface area contributed by atoms with Crippen LogP contribution in [-0.4, -0.2) is 12.2 Å². The van der Waals surface area contributed by atoms with Crippen LogP contribution in [0.5, 0.6) is 11.5 Å². The second kappa shape index (κ2) is 5.14. The van der Waals surface area contributed by atoms with E-state index in [1.54, 1.807) is 36.4 Å². The molecule has 0 saturated heterocycles. The summed E-state index contributed by atoms with van der Waals surface area (Å²) in [6, 6.07) is 11.6. The molecule has 0 unspecified atom stereocenters. The third-order valence-corrected chi connectivity index (χ3v) is 3.53. The molecule has 0 radical (unpaired) electrons. The Morgan fingerprint density at radius 2 is 1.95 bits per heavy atom. The Kier molecular flexibility index (Phi) is 3.31. The molecule has 0 bridgehead atoms. The molecule has 1 heterocycles. The number of aromatic hydroxyl groups is 1. The lowest BCUT2D eigenvalue weighted by molar-refractivity contribution is 0.373. The van der Waals surface area contributed by atoms with E-state index < -0.39 is 0 Å². The van der Waals surface area contributed by atoms with Gasteiger partial charge in [0.05, 0.1) is 12.5 Å². The molecule has 5 heteroatoms. The van der Waals surface area contributed by atoms with Crippen LogP contribution >= 0.6 is 11.6 Å². The highest BCUT2D eigenvalue weighted by Gasteiger charge is 2.15. The van der Waals surface area contributed by atoms with Gasteiger partial charge in [0, 0.05) is 5.56 Å². The molecule has 1 N–H and O–H groups in total. The molecule has 0 saturated carbocycles. The fourth-order valence-corrected chi connectivity index (χ4v) is 2.39. The second-order valence-corrected chi connectivity index (χ2v) is 4.84. The maximum absolute atomic E-state index is 12.3. The molecular weight excluding hydrogens is 292 g/mol. The summed E-state index contributed by atoms with van der Waals surface area (Å²) in [5.41, 5.74) is 0.641. The molecule has 0 aliphatic heterocycles. The van der Waals surface area contributed by atoms with Crippen LogP contribution in [0.3, 0.4) is 0 Å². The van der Waals surface area contributed by atoms with Gasteiger partial charge in [0.15, 0.2) is 17.3 Å². The number of phenolic OH excluding ortho intramolecular Hbond substituents is 1. The van der Waals surface area contributed by atoms with Crippen molar-refractivity contribution in [3.8, 4) is 22.8 Å². The first-order valence-electron chi connectivity index (χ1n) is 6.20. The van der Waals surface area contributed by atoms with Gasteiger partial charge >= 0.3 is 0 Å². The lowest BCUT2D eigenvalue weighted by Gasteiger charge is -2.08.